The molecular weight excluding hydrogens is 280 g/mol. The summed E-state index contributed by atoms with van der Waals surface area (Å²) >= 11 is 5.98. The van der Waals surface area contributed by atoms with Gasteiger partial charge >= 0.3 is 0 Å². The van der Waals surface area contributed by atoms with E-state index in [1.54, 1.807) is 0 Å². The van der Waals surface area contributed by atoms with Crippen molar-refractivity contribution in [2.75, 3.05) is 19.6 Å². The molecule has 0 saturated carbocycles. The summed E-state index contributed by atoms with van der Waals surface area (Å²) in [7, 11) is 0. The van der Waals surface area contributed by atoms with Crippen LogP contribution < -0.4 is 5.73 Å². The van der Waals surface area contributed by atoms with Gasteiger partial charge in [-0.15, -0.1) is 0 Å². The van der Waals surface area contributed by atoms with Gasteiger partial charge in [0.2, 0.25) is 0 Å². The summed E-state index contributed by atoms with van der Waals surface area (Å²) < 4.78 is 0. The Morgan fingerprint density at radius 3 is 1.90 bits per heavy atom. The summed E-state index contributed by atoms with van der Waals surface area (Å²) in [6.07, 6.45) is 0.958. The van der Waals surface area contributed by atoms with Crippen molar-refractivity contribution in [1.29, 1.82) is 0 Å². The second kappa shape index (κ2) is 8.17. The Morgan fingerprint density at radius 2 is 1.52 bits per heavy atom. The first-order chi connectivity index (χ1) is 9.76. The maximum absolute atomic E-state index is 6.17. The summed E-state index contributed by atoms with van der Waals surface area (Å²) in [5.41, 5.74) is 7.45. The Hall–Kier alpha value is -0.570. The van der Waals surface area contributed by atoms with E-state index in [1.807, 2.05) is 12.1 Å². The lowest BCUT2D eigenvalue weighted by Gasteiger charge is -2.43. The second-order valence-electron chi connectivity index (χ2n) is 7.20. The first-order valence-corrected chi connectivity index (χ1v) is 8.34. The molecule has 1 unspecified atom stereocenters. The molecule has 0 amide bonds. The molecule has 1 atom stereocenters. The molecular formula is C18H31ClN2. The van der Waals surface area contributed by atoms with Gasteiger partial charge in [-0.1, -0.05) is 51.4 Å². The number of nitrogens with two attached hydrogens (primary N) is 1. The largest absolute Gasteiger partial charge is 0.329 e. The minimum Gasteiger partial charge on any atom is -0.329 e. The fourth-order valence-electron chi connectivity index (χ4n) is 2.75. The zero-order chi connectivity index (χ0) is 16.0. The average Bonchev–Trinajstić information content (AvgIpc) is 2.39. The smallest absolute Gasteiger partial charge is 0.0406 e. The molecule has 0 fully saturated rings. The molecule has 0 aliphatic heterocycles. The van der Waals surface area contributed by atoms with E-state index in [1.165, 1.54) is 5.56 Å². The van der Waals surface area contributed by atoms with Crippen molar-refractivity contribution in [2.45, 2.75) is 46.6 Å². The maximum Gasteiger partial charge on any atom is 0.0406 e. The number of rotatable bonds is 8. The summed E-state index contributed by atoms with van der Waals surface area (Å²) in [6.45, 7) is 14.2. The van der Waals surface area contributed by atoms with E-state index in [-0.39, 0.29) is 5.54 Å². The third-order valence-electron chi connectivity index (χ3n) is 3.87. The van der Waals surface area contributed by atoms with Crippen LogP contribution in [0.1, 0.15) is 40.2 Å². The fourth-order valence-corrected chi connectivity index (χ4v) is 2.88. The van der Waals surface area contributed by atoms with Gasteiger partial charge in [-0.05, 0) is 42.9 Å². The van der Waals surface area contributed by atoms with Crippen molar-refractivity contribution < 1.29 is 0 Å². The van der Waals surface area contributed by atoms with Crippen LogP contribution in [0.3, 0.4) is 0 Å². The van der Waals surface area contributed by atoms with E-state index >= 15 is 0 Å². The average molecular weight is 311 g/mol. The van der Waals surface area contributed by atoms with E-state index in [2.05, 4.69) is 51.7 Å². The second-order valence-corrected chi connectivity index (χ2v) is 7.63. The van der Waals surface area contributed by atoms with E-state index in [9.17, 15) is 0 Å². The van der Waals surface area contributed by atoms with Crippen LogP contribution in [0, 0.1) is 11.8 Å². The Bertz CT molecular complexity index is 404. The molecule has 0 saturated heterocycles. The van der Waals surface area contributed by atoms with Crippen molar-refractivity contribution in [3.63, 3.8) is 0 Å². The van der Waals surface area contributed by atoms with E-state index < -0.39 is 0 Å². The Balaban J connectivity index is 2.93. The van der Waals surface area contributed by atoms with E-state index in [4.69, 9.17) is 17.3 Å². The van der Waals surface area contributed by atoms with Gasteiger partial charge in [-0.2, -0.15) is 0 Å². The van der Waals surface area contributed by atoms with Gasteiger partial charge in [0, 0.05) is 30.2 Å². The number of benzene rings is 1. The lowest BCUT2D eigenvalue weighted by atomic mass is 9.89. The molecule has 0 aliphatic carbocycles. The molecule has 0 bridgehead atoms. The SMILES string of the molecule is CC(C)CN(CC(C)C)C(C)(CN)Cc1ccc(Cl)cc1. The van der Waals surface area contributed by atoms with Crippen LogP contribution in [-0.4, -0.2) is 30.1 Å². The predicted octanol–water partition coefficient (Wildman–Crippen LogP) is 4.21. The maximum atomic E-state index is 6.17. The lowest BCUT2D eigenvalue weighted by Crippen LogP contribution is -2.55. The van der Waals surface area contributed by atoms with Crippen LogP contribution in [0.2, 0.25) is 5.02 Å². The van der Waals surface area contributed by atoms with Crippen LogP contribution >= 0.6 is 11.6 Å². The number of hydrogen-bond donors (Lipinski definition) is 1. The van der Waals surface area contributed by atoms with Crippen molar-refractivity contribution >= 4 is 11.6 Å². The number of nitrogens with zero attached hydrogens (tertiary/aromatic N) is 1. The van der Waals surface area contributed by atoms with Crippen LogP contribution in [0.15, 0.2) is 24.3 Å². The summed E-state index contributed by atoms with van der Waals surface area (Å²) in [5.74, 6) is 1.28. The molecule has 0 heterocycles. The van der Waals surface area contributed by atoms with Gasteiger partial charge in [0.1, 0.15) is 0 Å². The standard InChI is InChI=1S/C18H31ClN2/c1-14(2)11-21(12-15(3)4)18(5,13-20)10-16-6-8-17(19)9-7-16/h6-9,14-15H,10-13,20H2,1-5H3. The fraction of sp³-hybridized carbons (Fsp3) is 0.667. The molecule has 0 aromatic heterocycles. The molecule has 2 N–H and O–H groups in total. The first-order valence-electron chi connectivity index (χ1n) is 7.96. The molecule has 1 aromatic carbocycles. The molecule has 1 aromatic rings. The molecule has 0 aliphatic rings. The highest BCUT2D eigenvalue weighted by Gasteiger charge is 2.31. The van der Waals surface area contributed by atoms with Crippen molar-refractivity contribution in [3.8, 4) is 0 Å². The topological polar surface area (TPSA) is 29.3 Å². The van der Waals surface area contributed by atoms with Gasteiger partial charge in [0.25, 0.3) is 0 Å². The van der Waals surface area contributed by atoms with Crippen LogP contribution in [0.5, 0.6) is 0 Å². The summed E-state index contributed by atoms with van der Waals surface area (Å²) in [6, 6.07) is 8.14. The predicted molar refractivity (Wildman–Crippen MR) is 93.9 cm³/mol. The summed E-state index contributed by atoms with van der Waals surface area (Å²) in [4.78, 5) is 2.57. The Kier molecular flexibility index (Phi) is 7.19. The van der Waals surface area contributed by atoms with E-state index in [0.717, 1.165) is 24.5 Å². The zero-order valence-corrected chi connectivity index (χ0v) is 15.0. The molecule has 120 valence electrons. The van der Waals surface area contributed by atoms with Gasteiger partial charge in [-0.3, -0.25) is 4.90 Å². The van der Waals surface area contributed by atoms with Crippen molar-refractivity contribution in [2.24, 2.45) is 17.6 Å². The lowest BCUT2D eigenvalue weighted by molar-refractivity contribution is 0.0818. The molecule has 3 heteroatoms. The Labute approximate surface area is 135 Å². The number of halogens is 1. The van der Waals surface area contributed by atoms with E-state index in [0.29, 0.717) is 18.4 Å². The third kappa shape index (κ3) is 5.98. The minimum atomic E-state index is -0.0115. The first kappa shape index (κ1) is 18.5. The highest BCUT2D eigenvalue weighted by molar-refractivity contribution is 6.30. The summed E-state index contributed by atoms with van der Waals surface area (Å²) in [5, 5.41) is 0.786. The van der Waals surface area contributed by atoms with Crippen molar-refractivity contribution in [1.82, 2.24) is 4.90 Å². The monoisotopic (exact) mass is 310 g/mol. The number of hydrogen-bond acceptors (Lipinski definition) is 2. The third-order valence-corrected chi connectivity index (χ3v) is 4.12. The van der Waals surface area contributed by atoms with Gasteiger partial charge in [0.05, 0.1) is 0 Å². The van der Waals surface area contributed by atoms with Gasteiger partial charge in [0.15, 0.2) is 0 Å². The van der Waals surface area contributed by atoms with Crippen LogP contribution in [0.25, 0.3) is 0 Å². The van der Waals surface area contributed by atoms with Gasteiger partial charge < -0.3 is 5.73 Å². The van der Waals surface area contributed by atoms with Crippen LogP contribution in [-0.2, 0) is 6.42 Å². The molecule has 21 heavy (non-hydrogen) atoms. The van der Waals surface area contributed by atoms with Gasteiger partial charge in [-0.25, -0.2) is 0 Å². The Morgan fingerprint density at radius 1 is 1.05 bits per heavy atom. The minimum absolute atomic E-state index is 0.0115. The zero-order valence-electron chi connectivity index (χ0n) is 14.2. The molecule has 0 spiro atoms. The van der Waals surface area contributed by atoms with Crippen LogP contribution in [0.4, 0.5) is 0 Å². The highest BCUT2D eigenvalue weighted by atomic mass is 35.5. The molecule has 0 radical (unpaired) electrons. The van der Waals surface area contributed by atoms with Crippen molar-refractivity contribution in [3.05, 3.63) is 34.9 Å². The quantitative estimate of drug-likeness (QED) is 0.779. The molecule has 2 nitrogen and oxygen atoms in total. The highest BCUT2D eigenvalue weighted by Crippen LogP contribution is 2.23. The molecule has 1 rings (SSSR count). The normalized spacial score (nSPS) is 15.0.